The zero-order chi connectivity index (χ0) is 18.8. The topological polar surface area (TPSA) is 66.4 Å². The molecule has 0 aliphatic heterocycles. The van der Waals surface area contributed by atoms with Crippen molar-refractivity contribution in [2.24, 2.45) is 7.05 Å². The van der Waals surface area contributed by atoms with E-state index in [9.17, 15) is 9.59 Å². The van der Waals surface area contributed by atoms with Crippen LogP contribution >= 0.6 is 0 Å². The third-order valence-corrected chi connectivity index (χ3v) is 5.41. The van der Waals surface area contributed by atoms with Gasteiger partial charge in [-0.2, -0.15) is 0 Å². The minimum Gasteiger partial charge on any atom is -0.352 e. The highest BCUT2D eigenvalue weighted by atomic mass is 16.2. The summed E-state index contributed by atoms with van der Waals surface area (Å²) in [5, 5.41) is 7.31. The van der Waals surface area contributed by atoms with Crippen molar-refractivity contribution in [3.8, 4) is 0 Å². The minimum absolute atomic E-state index is 0.0422. The fraction of sp³-hybridized carbons (Fsp3) is 0.500. The van der Waals surface area contributed by atoms with Crippen molar-refractivity contribution in [1.29, 1.82) is 0 Å². The van der Waals surface area contributed by atoms with E-state index in [1.165, 1.54) is 0 Å². The molecular formula is C20H28N4O2. The van der Waals surface area contributed by atoms with E-state index < -0.39 is 0 Å². The third kappa shape index (κ3) is 3.75. The Morgan fingerprint density at radius 3 is 2.54 bits per heavy atom. The number of benzene rings is 1. The summed E-state index contributed by atoms with van der Waals surface area (Å²) in [7, 11) is 5.74. The molecule has 140 valence electrons. The summed E-state index contributed by atoms with van der Waals surface area (Å²) in [6, 6.07) is 7.87. The van der Waals surface area contributed by atoms with Gasteiger partial charge in [-0.25, -0.2) is 0 Å². The third-order valence-electron chi connectivity index (χ3n) is 5.41. The van der Waals surface area contributed by atoms with E-state index in [1.807, 2.05) is 68.0 Å². The van der Waals surface area contributed by atoms with Gasteiger partial charge < -0.3 is 15.2 Å². The zero-order valence-electron chi connectivity index (χ0n) is 16.0. The Labute approximate surface area is 154 Å². The standard InChI is InChI=1S/C20H28N4O2/c1-13(23(2)3)19(25)21-15-8-9-16(12-15)22-20(26)17-7-5-6-14-10-11-24(4)18(14)17/h5-7,10-11,13,15-16H,8-9,12H2,1-4H3,(H,21,25)(H,22,26)/t13-,15+,16-/m0/s1. The van der Waals surface area contributed by atoms with Crippen LogP contribution in [0.4, 0.5) is 0 Å². The Morgan fingerprint density at radius 1 is 1.15 bits per heavy atom. The Balaban J connectivity index is 1.61. The minimum atomic E-state index is -0.154. The summed E-state index contributed by atoms with van der Waals surface area (Å²) in [4.78, 5) is 26.9. The Kier molecular flexibility index (Phi) is 5.32. The fourth-order valence-electron chi connectivity index (χ4n) is 3.60. The van der Waals surface area contributed by atoms with Crippen molar-refractivity contribution < 1.29 is 9.59 Å². The van der Waals surface area contributed by atoms with Gasteiger partial charge in [-0.3, -0.25) is 14.5 Å². The number of aryl methyl sites for hydroxylation is 1. The molecule has 1 aliphatic rings. The van der Waals surface area contributed by atoms with Crippen LogP contribution in [-0.2, 0) is 11.8 Å². The van der Waals surface area contributed by atoms with Crippen LogP contribution in [0.5, 0.6) is 0 Å². The molecule has 3 atom stereocenters. The number of nitrogens with zero attached hydrogens (tertiary/aromatic N) is 2. The lowest BCUT2D eigenvalue weighted by Gasteiger charge is -2.22. The van der Waals surface area contributed by atoms with Crippen LogP contribution < -0.4 is 10.6 Å². The Bertz CT molecular complexity index is 811. The normalized spacial score (nSPS) is 21.1. The maximum Gasteiger partial charge on any atom is 0.253 e. The first-order valence-corrected chi connectivity index (χ1v) is 9.18. The number of carbonyl (C=O) groups excluding carboxylic acids is 2. The maximum atomic E-state index is 12.8. The van der Waals surface area contributed by atoms with Crippen LogP contribution in [0.15, 0.2) is 30.5 Å². The molecule has 0 saturated heterocycles. The molecule has 1 heterocycles. The van der Waals surface area contributed by atoms with E-state index in [1.54, 1.807) is 0 Å². The number of hydrogen-bond acceptors (Lipinski definition) is 3. The molecule has 1 aromatic heterocycles. The quantitative estimate of drug-likeness (QED) is 0.860. The molecule has 0 spiro atoms. The average molecular weight is 356 g/mol. The van der Waals surface area contributed by atoms with Crippen molar-refractivity contribution >= 4 is 22.7 Å². The first-order chi connectivity index (χ1) is 12.4. The molecule has 1 fully saturated rings. The largest absolute Gasteiger partial charge is 0.352 e. The summed E-state index contributed by atoms with van der Waals surface area (Å²) in [6.07, 6.45) is 4.52. The molecule has 3 rings (SSSR count). The van der Waals surface area contributed by atoms with Gasteiger partial charge in [-0.1, -0.05) is 12.1 Å². The van der Waals surface area contributed by atoms with E-state index in [4.69, 9.17) is 0 Å². The number of likely N-dealkylation sites (N-methyl/N-ethyl adjacent to an activating group) is 1. The van der Waals surface area contributed by atoms with E-state index >= 15 is 0 Å². The smallest absolute Gasteiger partial charge is 0.253 e. The lowest BCUT2D eigenvalue weighted by atomic mass is 10.1. The molecule has 2 N–H and O–H groups in total. The molecule has 0 unspecified atom stereocenters. The number of rotatable bonds is 5. The van der Waals surface area contributed by atoms with E-state index in [0.717, 1.165) is 30.2 Å². The zero-order valence-corrected chi connectivity index (χ0v) is 16.0. The monoisotopic (exact) mass is 356 g/mol. The van der Waals surface area contributed by atoms with Gasteiger partial charge in [0.25, 0.3) is 5.91 Å². The molecule has 2 aromatic rings. The lowest BCUT2D eigenvalue weighted by molar-refractivity contribution is -0.125. The van der Waals surface area contributed by atoms with Crippen molar-refractivity contribution in [3.05, 3.63) is 36.0 Å². The second-order valence-corrected chi connectivity index (χ2v) is 7.50. The van der Waals surface area contributed by atoms with Gasteiger partial charge in [-0.15, -0.1) is 0 Å². The Morgan fingerprint density at radius 2 is 1.85 bits per heavy atom. The summed E-state index contributed by atoms with van der Waals surface area (Å²) < 4.78 is 1.98. The molecule has 2 amide bonds. The van der Waals surface area contributed by atoms with Crippen molar-refractivity contribution in [2.75, 3.05) is 14.1 Å². The number of fused-ring (bicyclic) bond motifs is 1. The highest BCUT2D eigenvalue weighted by molar-refractivity contribution is 6.06. The van der Waals surface area contributed by atoms with Crippen LogP contribution in [0.3, 0.4) is 0 Å². The second kappa shape index (κ2) is 7.50. The van der Waals surface area contributed by atoms with Crippen LogP contribution in [0.1, 0.15) is 36.5 Å². The number of aromatic nitrogens is 1. The first kappa shape index (κ1) is 18.5. The molecule has 0 bridgehead atoms. The molecule has 6 nitrogen and oxygen atoms in total. The molecule has 1 saturated carbocycles. The average Bonchev–Trinajstić information content (AvgIpc) is 3.20. The van der Waals surface area contributed by atoms with Crippen LogP contribution in [-0.4, -0.2) is 53.5 Å². The van der Waals surface area contributed by atoms with Crippen molar-refractivity contribution in [2.45, 2.75) is 44.3 Å². The number of para-hydroxylation sites is 1. The van der Waals surface area contributed by atoms with Crippen LogP contribution in [0.25, 0.3) is 10.9 Å². The SMILES string of the molecule is C[C@@H](C(=O)N[C@@H]1CC[C@H](NC(=O)c2cccc3ccn(C)c23)C1)N(C)C. The highest BCUT2D eigenvalue weighted by Gasteiger charge is 2.29. The molecule has 0 radical (unpaired) electrons. The predicted octanol–water partition coefficient (Wildman–Crippen LogP) is 1.90. The molecule has 1 aliphatic carbocycles. The molecule has 1 aromatic carbocycles. The first-order valence-electron chi connectivity index (χ1n) is 9.18. The van der Waals surface area contributed by atoms with E-state index in [2.05, 4.69) is 10.6 Å². The summed E-state index contributed by atoms with van der Waals surface area (Å²) in [5.41, 5.74) is 1.65. The summed E-state index contributed by atoms with van der Waals surface area (Å²) in [5.74, 6) is -0.00316. The second-order valence-electron chi connectivity index (χ2n) is 7.50. The predicted molar refractivity (Wildman–Crippen MR) is 103 cm³/mol. The maximum absolute atomic E-state index is 12.8. The van der Waals surface area contributed by atoms with Gasteiger partial charge in [0.1, 0.15) is 0 Å². The van der Waals surface area contributed by atoms with Gasteiger partial charge in [0, 0.05) is 30.7 Å². The van der Waals surface area contributed by atoms with Gasteiger partial charge in [0.05, 0.1) is 17.1 Å². The van der Waals surface area contributed by atoms with Crippen molar-refractivity contribution in [3.63, 3.8) is 0 Å². The molecular weight excluding hydrogens is 328 g/mol. The van der Waals surface area contributed by atoms with Gasteiger partial charge in [0.2, 0.25) is 5.91 Å². The van der Waals surface area contributed by atoms with Crippen LogP contribution in [0.2, 0.25) is 0 Å². The van der Waals surface area contributed by atoms with Gasteiger partial charge in [-0.05, 0) is 52.4 Å². The lowest BCUT2D eigenvalue weighted by Crippen LogP contribution is -2.45. The van der Waals surface area contributed by atoms with Gasteiger partial charge in [0.15, 0.2) is 0 Å². The van der Waals surface area contributed by atoms with Gasteiger partial charge >= 0.3 is 0 Å². The fourth-order valence-corrected chi connectivity index (χ4v) is 3.60. The van der Waals surface area contributed by atoms with E-state index in [-0.39, 0.29) is 29.9 Å². The summed E-state index contributed by atoms with van der Waals surface area (Å²) in [6.45, 7) is 1.89. The number of carbonyl (C=O) groups is 2. The van der Waals surface area contributed by atoms with Crippen LogP contribution in [0, 0.1) is 0 Å². The van der Waals surface area contributed by atoms with E-state index in [0.29, 0.717) is 5.56 Å². The molecule has 26 heavy (non-hydrogen) atoms. The number of nitrogens with one attached hydrogen (secondary N) is 2. The Hall–Kier alpha value is -2.34. The number of amides is 2. The number of hydrogen-bond donors (Lipinski definition) is 2. The highest BCUT2D eigenvalue weighted by Crippen LogP contribution is 2.22. The van der Waals surface area contributed by atoms with Crippen molar-refractivity contribution in [1.82, 2.24) is 20.1 Å². The molecule has 6 heteroatoms. The summed E-state index contributed by atoms with van der Waals surface area (Å²) >= 11 is 0.